The van der Waals surface area contributed by atoms with Crippen molar-refractivity contribution < 1.29 is 4.79 Å². The fraction of sp³-hybridized carbons (Fsp3) is 0.929. The van der Waals surface area contributed by atoms with Crippen molar-refractivity contribution in [1.82, 2.24) is 0 Å². The summed E-state index contributed by atoms with van der Waals surface area (Å²) in [6, 6.07) is 0. The summed E-state index contributed by atoms with van der Waals surface area (Å²) >= 11 is 0. The van der Waals surface area contributed by atoms with Gasteiger partial charge >= 0.3 is 0 Å². The first-order valence-electron chi connectivity index (χ1n) is 6.53. The first kappa shape index (κ1) is 12.7. The number of hydrogen-bond acceptors (Lipinski definition) is 1. The van der Waals surface area contributed by atoms with Gasteiger partial charge in [-0.2, -0.15) is 0 Å². The molecule has 0 aromatic rings. The fourth-order valence-electron chi connectivity index (χ4n) is 2.64. The Morgan fingerprint density at radius 2 is 1.87 bits per heavy atom. The van der Waals surface area contributed by atoms with E-state index in [1.165, 1.54) is 25.7 Å². The van der Waals surface area contributed by atoms with Gasteiger partial charge in [-0.1, -0.05) is 47.0 Å². The van der Waals surface area contributed by atoms with Gasteiger partial charge in [0.2, 0.25) is 0 Å². The molecule has 0 aromatic heterocycles. The second kappa shape index (κ2) is 5.67. The zero-order valence-electron chi connectivity index (χ0n) is 10.8. The highest BCUT2D eigenvalue weighted by atomic mass is 16.1. The van der Waals surface area contributed by atoms with E-state index in [9.17, 15) is 4.79 Å². The number of hydrogen-bond donors (Lipinski definition) is 0. The van der Waals surface area contributed by atoms with E-state index in [0.717, 1.165) is 18.3 Å². The largest absolute Gasteiger partial charge is 0.299 e. The second-order valence-electron chi connectivity index (χ2n) is 5.86. The molecule has 0 aliphatic heterocycles. The van der Waals surface area contributed by atoms with Crippen molar-refractivity contribution in [2.24, 2.45) is 23.7 Å². The molecule has 1 saturated carbocycles. The summed E-state index contributed by atoms with van der Waals surface area (Å²) in [6.07, 6.45) is 6.11. The quantitative estimate of drug-likeness (QED) is 0.683. The maximum Gasteiger partial charge on any atom is 0.135 e. The summed E-state index contributed by atoms with van der Waals surface area (Å²) in [7, 11) is 0. The molecule has 1 rings (SSSR count). The van der Waals surface area contributed by atoms with Gasteiger partial charge in [-0.3, -0.25) is 4.79 Å². The molecule has 15 heavy (non-hydrogen) atoms. The van der Waals surface area contributed by atoms with Crippen LogP contribution in [-0.2, 0) is 4.79 Å². The number of rotatable bonds is 4. The second-order valence-corrected chi connectivity index (χ2v) is 5.86. The minimum Gasteiger partial charge on any atom is -0.299 e. The Morgan fingerprint density at radius 3 is 2.40 bits per heavy atom. The van der Waals surface area contributed by atoms with Crippen LogP contribution in [0.1, 0.15) is 59.8 Å². The van der Waals surface area contributed by atoms with E-state index in [4.69, 9.17) is 0 Å². The van der Waals surface area contributed by atoms with E-state index in [-0.39, 0.29) is 5.92 Å². The van der Waals surface area contributed by atoms with E-state index < -0.39 is 0 Å². The molecule has 1 heteroatoms. The molecule has 0 aromatic carbocycles. The van der Waals surface area contributed by atoms with Gasteiger partial charge in [0.1, 0.15) is 5.78 Å². The fourth-order valence-corrected chi connectivity index (χ4v) is 2.64. The Labute approximate surface area is 94.6 Å². The normalized spacial score (nSPS) is 27.3. The molecule has 0 radical (unpaired) electrons. The van der Waals surface area contributed by atoms with Crippen LogP contribution in [0.5, 0.6) is 0 Å². The number of carbonyl (C=O) groups is 1. The highest BCUT2D eigenvalue weighted by molar-refractivity contribution is 5.80. The Kier molecular flexibility index (Phi) is 4.82. The minimum absolute atomic E-state index is 0.226. The standard InChI is InChI=1S/C14H26O/c1-10(2)13-7-5-6-12(8-13)9-14(15)11(3)4/h10-13H,5-9H2,1-4H3. The number of ketones is 1. The lowest BCUT2D eigenvalue weighted by atomic mass is 9.74. The van der Waals surface area contributed by atoms with E-state index in [1.54, 1.807) is 0 Å². The molecule has 2 atom stereocenters. The SMILES string of the molecule is CC(C)C(=O)CC1CCCC(C(C)C)C1. The Hall–Kier alpha value is -0.330. The lowest BCUT2D eigenvalue weighted by Crippen LogP contribution is -2.23. The Morgan fingerprint density at radius 1 is 1.20 bits per heavy atom. The van der Waals surface area contributed by atoms with Crippen molar-refractivity contribution in [3.8, 4) is 0 Å². The summed E-state index contributed by atoms with van der Waals surface area (Å²) in [5, 5.41) is 0. The van der Waals surface area contributed by atoms with Gasteiger partial charge in [0.05, 0.1) is 0 Å². The molecular weight excluding hydrogens is 184 g/mol. The molecule has 88 valence electrons. The van der Waals surface area contributed by atoms with E-state index in [2.05, 4.69) is 13.8 Å². The maximum absolute atomic E-state index is 11.7. The van der Waals surface area contributed by atoms with Crippen LogP contribution in [0.4, 0.5) is 0 Å². The van der Waals surface area contributed by atoms with Crippen molar-refractivity contribution in [2.75, 3.05) is 0 Å². The number of carbonyl (C=O) groups excluding carboxylic acids is 1. The Balaban J connectivity index is 2.39. The van der Waals surface area contributed by atoms with Crippen LogP contribution >= 0.6 is 0 Å². The molecule has 0 N–H and O–H groups in total. The van der Waals surface area contributed by atoms with Crippen molar-refractivity contribution in [3.63, 3.8) is 0 Å². The molecule has 0 heterocycles. The highest BCUT2D eigenvalue weighted by Crippen LogP contribution is 2.35. The lowest BCUT2D eigenvalue weighted by Gasteiger charge is -2.31. The molecule has 1 aliphatic carbocycles. The third-order valence-electron chi connectivity index (χ3n) is 3.90. The molecule has 1 nitrogen and oxygen atoms in total. The van der Waals surface area contributed by atoms with Crippen LogP contribution in [-0.4, -0.2) is 5.78 Å². The molecule has 0 saturated heterocycles. The maximum atomic E-state index is 11.7. The van der Waals surface area contributed by atoms with Gasteiger partial charge in [-0.05, 0) is 24.2 Å². The van der Waals surface area contributed by atoms with Gasteiger partial charge in [-0.15, -0.1) is 0 Å². The highest BCUT2D eigenvalue weighted by Gasteiger charge is 2.26. The summed E-state index contributed by atoms with van der Waals surface area (Å²) < 4.78 is 0. The number of Topliss-reactive ketones (excluding diaryl/α,β-unsaturated/α-hetero) is 1. The van der Waals surface area contributed by atoms with Crippen molar-refractivity contribution >= 4 is 5.78 Å². The van der Waals surface area contributed by atoms with E-state index in [1.807, 2.05) is 13.8 Å². The zero-order valence-corrected chi connectivity index (χ0v) is 10.8. The predicted octanol–water partition coefficient (Wildman–Crippen LogP) is 4.06. The van der Waals surface area contributed by atoms with Crippen LogP contribution in [0.25, 0.3) is 0 Å². The van der Waals surface area contributed by atoms with Crippen LogP contribution in [0, 0.1) is 23.7 Å². The van der Waals surface area contributed by atoms with Crippen molar-refractivity contribution in [1.29, 1.82) is 0 Å². The first-order valence-corrected chi connectivity index (χ1v) is 6.53. The molecule has 1 aliphatic rings. The van der Waals surface area contributed by atoms with E-state index >= 15 is 0 Å². The van der Waals surface area contributed by atoms with Crippen LogP contribution in [0.2, 0.25) is 0 Å². The van der Waals surface area contributed by atoms with Gasteiger partial charge < -0.3 is 0 Å². The molecule has 1 fully saturated rings. The van der Waals surface area contributed by atoms with E-state index in [0.29, 0.717) is 11.7 Å². The third kappa shape index (κ3) is 3.96. The first-order chi connectivity index (χ1) is 7.00. The van der Waals surface area contributed by atoms with Gasteiger partial charge in [0, 0.05) is 12.3 Å². The average molecular weight is 210 g/mol. The van der Waals surface area contributed by atoms with Crippen LogP contribution in [0.15, 0.2) is 0 Å². The zero-order chi connectivity index (χ0) is 11.4. The molecule has 2 unspecified atom stereocenters. The van der Waals surface area contributed by atoms with Crippen molar-refractivity contribution in [3.05, 3.63) is 0 Å². The third-order valence-corrected chi connectivity index (χ3v) is 3.90. The molecular formula is C14H26O. The summed E-state index contributed by atoms with van der Waals surface area (Å²) in [4.78, 5) is 11.7. The molecule has 0 spiro atoms. The summed E-state index contributed by atoms with van der Waals surface area (Å²) in [6.45, 7) is 8.67. The summed E-state index contributed by atoms with van der Waals surface area (Å²) in [5.74, 6) is 3.03. The van der Waals surface area contributed by atoms with Crippen molar-refractivity contribution in [2.45, 2.75) is 59.8 Å². The predicted molar refractivity (Wildman–Crippen MR) is 64.7 cm³/mol. The topological polar surface area (TPSA) is 17.1 Å². The van der Waals surface area contributed by atoms with Crippen LogP contribution < -0.4 is 0 Å². The molecule has 0 bridgehead atoms. The summed E-state index contributed by atoms with van der Waals surface area (Å²) in [5.41, 5.74) is 0. The minimum atomic E-state index is 0.226. The average Bonchev–Trinajstić information content (AvgIpc) is 2.18. The molecule has 0 amide bonds. The smallest absolute Gasteiger partial charge is 0.135 e. The Bertz CT molecular complexity index is 205. The van der Waals surface area contributed by atoms with Gasteiger partial charge in [0.25, 0.3) is 0 Å². The lowest BCUT2D eigenvalue weighted by molar-refractivity contribution is -0.123. The van der Waals surface area contributed by atoms with Crippen LogP contribution in [0.3, 0.4) is 0 Å². The monoisotopic (exact) mass is 210 g/mol. The van der Waals surface area contributed by atoms with Gasteiger partial charge in [-0.25, -0.2) is 0 Å². The van der Waals surface area contributed by atoms with Gasteiger partial charge in [0.15, 0.2) is 0 Å².